The van der Waals surface area contributed by atoms with Crippen LogP contribution in [-0.2, 0) is 10.3 Å². The first kappa shape index (κ1) is 12.8. The predicted octanol–water partition coefficient (Wildman–Crippen LogP) is 2.87. The van der Waals surface area contributed by atoms with Crippen LogP contribution in [0.1, 0.15) is 44.7 Å². The molecule has 0 amide bonds. The molecule has 1 spiro atoms. The number of aromatic nitrogens is 1. The Balaban J connectivity index is 1.65. The Kier molecular flexibility index (Phi) is 2.90. The Bertz CT molecular complexity index is 475. The van der Waals surface area contributed by atoms with Gasteiger partial charge in [0.1, 0.15) is 0 Å². The van der Waals surface area contributed by atoms with E-state index in [1.165, 1.54) is 25.0 Å². The molecule has 3 atom stereocenters. The average Bonchev–Trinajstić information content (AvgIpc) is 3.08. The second kappa shape index (κ2) is 4.54. The molecule has 2 aliphatic carbocycles. The van der Waals surface area contributed by atoms with Crippen LogP contribution in [0.4, 0.5) is 0 Å². The van der Waals surface area contributed by atoms with Crippen molar-refractivity contribution in [2.24, 2.45) is 11.8 Å². The monoisotopic (exact) mass is 272 g/mol. The molecule has 3 nitrogen and oxygen atoms in total. The topological polar surface area (TPSA) is 34.2 Å². The fraction of sp³-hybridized carbons (Fsp3) is 0.706. The molecule has 1 aromatic heterocycles. The maximum atomic E-state index is 6.28. The average molecular weight is 272 g/mol. The van der Waals surface area contributed by atoms with Crippen LogP contribution >= 0.6 is 0 Å². The van der Waals surface area contributed by atoms with Crippen LogP contribution in [0.15, 0.2) is 24.4 Å². The summed E-state index contributed by atoms with van der Waals surface area (Å²) in [6.07, 6.45) is 8.05. The lowest BCUT2D eigenvalue weighted by Crippen LogP contribution is -2.54. The molecule has 4 rings (SSSR count). The van der Waals surface area contributed by atoms with Gasteiger partial charge in [-0.15, -0.1) is 0 Å². The van der Waals surface area contributed by atoms with Crippen LogP contribution < -0.4 is 5.32 Å². The van der Waals surface area contributed by atoms with E-state index in [1.54, 1.807) is 0 Å². The van der Waals surface area contributed by atoms with E-state index in [4.69, 9.17) is 4.74 Å². The second-order valence-electron chi connectivity index (χ2n) is 6.95. The van der Waals surface area contributed by atoms with Crippen LogP contribution in [0.25, 0.3) is 0 Å². The third kappa shape index (κ3) is 1.99. The lowest BCUT2D eigenvalue weighted by Gasteiger charge is -2.47. The van der Waals surface area contributed by atoms with Gasteiger partial charge in [-0.1, -0.05) is 13.0 Å². The molecule has 1 saturated heterocycles. The van der Waals surface area contributed by atoms with E-state index in [0.717, 1.165) is 37.8 Å². The summed E-state index contributed by atoms with van der Waals surface area (Å²) in [6.45, 7) is 4.04. The van der Waals surface area contributed by atoms with Crippen molar-refractivity contribution in [1.82, 2.24) is 10.3 Å². The lowest BCUT2D eigenvalue weighted by atomic mass is 9.75. The number of ether oxygens (including phenoxy) is 1. The van der Waals surface area contributed by atoms with Crippen LogP contribution in [0, 0.1) is 11.8 Å². The minimum atomic E-state index is 0.0189. The van der Waals surface area contributed by atoms with Crippen molar-refractivity contribution in [3.63, 3.8) is 0 Å². The first-order valence-corrected chi connectivity index (χ1v) is 8.06. The Morgan fingerprint density at radius 3 is 2.90 bits per heavy atom. The van der Waals surface area contributed by atoms with Crippen molar-refractivity contribution in [1.29, 1.82) is 0 Å². The molecule has 108 valence electrons. The Hall–Kier alpha value is -0.930. The quantitative estimate of drug-likeness (QED) is 0.918. The highest BCUT2D eigenvalue weighted by atomic mass is 16.5. The fourth-order valence-electron chi connectivity index (χ4n) is 4.69. The highest BCUT2D eigenvalue weighted by molar-refractivity contribution is 5.21. The zero-order valence-electron chi connectivity index (χ0n) is 12.3. The Morgan fingerprint density at radius 1 is 1.35 bits per heavy atom. The maximum absolute atomic E-state index is 6.28. The first-order chi connectivity index (χ1) is 9.75. The molecular formula is C17H24N2O. The minimum absolute atomic E-state index is 0.0189. The van der Waals surface area contributed by atoms with Gasteiger partial charge in [-0.25, -0.2) is 0 Å². The predicted molar refractivity (Wildman–Crippen MR) is 78.3 cm³/mol. The summed E-state index contributed by atoms with van der Waals surface area (Å²) in [4.78, 5) is 4.66. The molecule has 2 saturated carbocycles. The molecule has 3 aliphatic rings. The maximum Gasteiger partial charge on any atom is 0.0709 e. The van der Waals surface area contributed by atoms with E-state index in [-0.39, 0.29) is 11.1 Å². The summed E-state index contributed by atoms with van der Waals surface area (Å²) in [5, 5.41) is 3.75. The van der Waals surface area contributed by atoms with Crippen molar-refractivity contribution in [3.8, 4) is 0 Å². The molecule has 0 bridgehead atoms. The van der Waals surface area contributed by atoms with Crippen molar-refractivity contribution in [2.75, 3.05) is 13.2 Å². The lowest BCUT2D eigenvalue weighted by molar-refractivity contribution is -0.116. The van der Waals surface area contributed by atoms with Crippen LogP contribution in [0.2, 0.25) is 0 Å². The Morgan fingerprint density at radius 2 is 2.20 bits per heavy atom. The summed E-state index contributed by atoms with van der Waals surface area (Å²) < 4.78 is 6.28. The van der Waals surface area contributed by atoms with Gasteiger partial charge in [0.2, 0.25) is 0 Å². The number of fused-ring (bicyclic) bond motifs is 1. The van der Waals surface area contributed by atoms with E-state index < -0.39 is 0 Å². The van der Waals surface area contributed by atoms with Crippen molar-refractivity contribution < 1.29 is 4.74 Å². The molecular weight excluding hydrogens is 248 g/mol. The largest absolute Gasteiger partial charge is 0.375 e. The summed E-state index contributed by atoms with van der Waals surface area (Å²) in [5.41, 5.74) is 1.35. The zero-order valence-corrected chi connectivity index (χ0v) is 12.3. The van der Waals surface area contributed by atoms with Gasteiger partial charge in [0.25, 0.3) is 0 Å². The van der Waals surface area contributed by atoms with Crippen molar-refractivity contribution >= 4 is 0 Å². The molecule has 0 radical (unpaired) electrons. The SMILES string of the molecule is CCNC1(c2ccccn2)CCOC2(CC3CC3C2)C1. The fourth-order valence-corrected chi connectivity index (χ4v) is 4.69. The van der Waals surface area contributed by atoms with Gasteiger partial charge in [-0.3, -0.25) is 4.98 Å². The van der Waals surface area contributed by atoms with E-state index in [1.807, 2.05) is 12.3 Å². The number of hydrogen-bond donors (Lipinski definition) is 1. The zero-order chi connectivity index (χ0) is 13.6. The number of nitrogens with zero attached hydrogens (tertiary/aromatic N) is 1. The van der Waals surface area contributed by atoms with Gasteiger partial charge in [-0.2, -0.15) is 0 Å². The van der Waals surface area contributed by atoms with Crippen LogP contribution in [0.3, 0.4) is 0 Å². The third-order valence-electron chi connectivity index (χ3n) is 5.57. The van der Waals surface area contributed by atoms with E-state index >= 15 is 0 Å². The highest BCUT2D eigenvalue weighted by Crippen LogP contribution is 2.61. The van der Waals surface area contributed by atoms with Gasteiger partial charge in [0, 0.05) is 19.2 Å². The number of nitrogens with one attached hydrogen (secondary N) is 1. The highest BCUT2D eigenvalue weighted by Gasteiger charge is 2.58. The molecule has 2 heterocycles. The summed E-state index contributed by atoms with van der Waals surface area (Å²) in [7, 11) is 0. The van der Waals surface area contributed by atoms with Gasteiger partial charge < -0.3 is 10.1 Å². The molecule has 3 heteroatoms. The second-order valence-corrected chi connectivity index (χ2v) is 6.95. The summed E-state index contributed by atoms with van der Waals surface area (Å²) in [5.74, 6) is 1.91. The van der Waals surface area contributed by atoms with E-state index in [2.05, 4.69) is 29.4 Å². The Labute approximate surface area is 121 Å². The number of rotatable bonds is 3. The van der Waals surface area contributed by atoms with Gasteiger partial charge in [0.15, 0.2) is 0 Å². The summed E-state index contributed by atoms with van der Waals surface area (Å²) >= 11 is 0. The van der Waals surface area contributed by atoms with Gasteiger partial charge >= 0.3 is 0 Å². The molecule has 1 aromatic rings. The van der Waals surface area contributed by atoms with Crippen LogP contribution in [0.5, 0.6) is 0 Å². The summed E-state index contributed by atoms with van der Waals surface area (Å²) in [6, 6.07) is 6.29. The van der Waals surface area contributed by atoms with Gasteiger partial charge in [-0.05, 0) is 56.2 Å². The molecule has 3 fully saturated rings. The van der Waals surface area contributed by atoms with E-state index in [0.29, 0.717) is 0 Å². The van der Waals surface area contributed by atoms with Gasteiger partial charge in [0.05, 0.1) is 16.8 Å². The normalized spacial score (nSPS) is 42.6. The smallest absolute Gasteiger partial charge is 0.0709 e. The molecule has 20 heavy (non-hydrogen) atoms. The van der Waals surface area contributed by atoms with Crippen molar-refractivity contribution in [3.05, 3.63) is 30.1 Å². The number of hydrogen-bond acceptors (Lipinski definition) is 3. The number of pyridine rings is 1. The molecule has 0 aromatic carbocycles. The minimum Gasteiger partial charge on any atom is -0.375 e. The first-order valence-electron chi connectivity index (χ1n) is 8.06. The molecule has 1 N–H and O–H groups in total. The standard InChI is InChI=1S/C17H24N2O/c1-2-19-17(15-5-3-4-7-18-15)6-8-20-16(12-17)10-13-9-14(13)11-16/h3-5,7,13-14,19H,2,6,8-12H2,1H3. The third-order valence-corrected chi connectivity index (χ3v) is 5.57. The van der Waals surface area contributed by atoms with E-state index in [9.17, 15) is 0 Å². The van der Waals surface area contributed by atoms with Crippen molar-refractivity contribution in [2.45, 2.75) is 50.2 Å². The van der Waals surface area contributed by atoms with Crippen LogP contribution in [-0.4, -0.2) is 23.7 Å². The molecule has 1 aliphatic heterocycles. The molecule has 3 unspecified atom stereocenters.